The first-order chi connectivity index (χ1) is 6.50. The van der Waals surface area contributed by atoms with E-state index in [0.29, 0.717) is 25.8 Å². The van der Waals surface area contributed by atoms with Crippen LogP contribution in [0.5, 0.6) is 0 Å². The van der Waals surface area contributed by atoms with Crippen LogP contribution in [0.25, 0.3) is 0 Å². The van der Waals surface area contributed by atoms with Gasteiger partial charge >= 0.3 is 12.1 Å². The number of aliphatic carboxylic acids is 1. The minimum atomic E-state index is -1.23. The number of likely N-dealkylation sites (N-methyl/N-ethyl adjacent to an activating group) is 1. The van der Waals surface area contributed by atoms with Crippen LogP contribution in [0, 0.1) is 0 Å². The van der Waals surface area contributed by atoms with Crippen LogP contribution in [0.15, 0.2) is 0 Å². The van der Waals surface area contributed by atoms with Gasteiger partial charge in [-0.25, -0.2) is 9.59 Å². The Hall–Kier alpha value is -1.30. The molecule has 0 aliphatic rings. The molecule has 0 aromatic carbocycles. The van der Waals surface area contributed by atoms with Crippen molar-refractivity contribution in [2.75, 3.05) is 13.6 Å². The molecule has 14 heavy (non-hydrogen) atoms. The third kappa shape index (κ3) is 4.08. The van der Waals surface area contributed by atoms with Crippen molar-refractivity contribution in [3.05, 3.63) is 0 Å². The summed E-state index contributed by atoms with van der Waals surface area (Å²) < 4.78 is 0. The Morgan fingerprint density at radius 2 is 1.93 bits per heavy atom. The van der Waals surface area contributed by atoms with Crippen LogP contribution < -0.4 is 5.73 Å². The summed E-state index contributed by atoms with van der Waals surface area (Å²) in [6.07, 6.45) is 0.391. The lowest BCUT2D eigenvalue weighted by Gasteiger charge is -2.21. The van der Waals surface area contributed by atoms with Crippen LogP contribution in [-0.2, 0) is 4.79 Å². The zero-order valence-electron chi connectivity index (χ0n) is 8.14. The minimum Gasteiger partial charge on any atom is -0.480 e. The number of nitrogens with zero attached hydrogens (tertiary/aromatic N) is 1. The molecule has 0 radical (unpaired) electrons. The average Bonchev–Trinajstić information content (AvgIpc) is 2.10. The number of carbonyl (C=O) groups is 2. The maximum Gasteiger partial charge on any atom is 0.407 e. The summed E-state index contributed by atoms with van der Waals surface area (Å²) in [6, 6.07) is -0.973. The summed E-state index contributed by atoms with van der Waals surface area (Å²) in [4.78, 5) is 22.0. The van der Waals surface area contributed by atoms with E-state index in [2.05, 4.69) is 0 Å². The molecule has 1 unspecified atom stereocenters. The van der Waals surface area contributed by atoms with E-state index in [1.165, 1.54) is 7.05 Å². The van der Waals surface area contributed by atoms with Gasteiger partial charge in [-0.3, -0.25) is 4.90 Å². The normalized spacial score (nSPS) is 12.1. The molecule has 0 heterocycles. The highest BCUT2D eigenvalue weighted by Gasteiger charge is 2.25. The van der Waals surface area contributed by atoms with Crippen molar-refractivity contribution in [3.63, 3.8) is 0 Å². The molecule has 0 rings (SSSR count). The Morgan fingerprint density at radius 3 is 2.29 bits per heavy atom. The highest BCUT2D eigenvalue weighted by molar-refractivity contribution is 5.78. The molecule has 0 saturated carbocycles. The molecule has 0 spiro atoms. The van der Waals surface area contributed by atoms with E-state index < -0.39 is 18.1 Å². The Kier molecular flexibility index (Phi) is 5.62. The van der Waals surface area contributed by atoms with Crippen molar-refractivity contribution in [3.8, 4) is 0 Å². The highest BCUT2D eigenvalue weighted by atomic mass is 16.4. The van der Waals surface area contributed by atoms with Gasteiger partial charge < -0.3 is 15.9 Å². The molecule has 0 fully saturated rings. The number of nitrogens with two attached hydrogens (primary N) is 1. The van der Waals surface area contributed by atoms with Gasteiger partial charge in [-0.1, -0.05) is 0 Å². The smallest absolute Gasteiger partial charge is 0.407 e. The summed E-state index contributed by atoms with van der Waals surface area (Å²) in [7, 11) is 1.25. The standard InChI is InChI=1S/C8H16N2O4/c1-10(8(13)14)6(7(11)12)4-2-3-5-9/h6H,2-5,9H2,1H3,(H,11,12)(H,13,14). The van der Waals surface area contributed by atoms with Gasteiger partial charge in [0, 0.05) is 7.05 Å². The molecule has 0 bridgehead atoms. The van der Waals surface area contributed by atoms with E-state index in [1.54, 1.807) is 0 Å². The number of unbranched alkanes of at least 4 members (excludes halogenated alkanes) is 1. The second-order valence-corrected chi connectivity index (χ2v) is 3.03. The molecule has 1 amide bonds. The first-order valence-corrected chi connectivity index (χ1v) is 4.39. The highest BCUT2D eigenvalue weighted by Crippen LogP contribution is 2.07. The Labute approximate surface area is 82.3 Å². The molecule has 4 N–H and O–H groups in total. The van der Waals surface area contributed by atoms with E-state index in [4.69, 9.17) is 15.9 Å². The fourth-order valence-electron chi connectivity index (χ4n) is 1.10. The number of amides is 1. The van der Waals surface area contributed by atoms with Crippen LogP contribution in [0.2, 0.25) is 0 Å². The third-order valence-corrected chi connectivity index (χ3v) is 1.99. The Bertz CT molecular complexity index is 208. The molecular formula is C8H16N2O4. The summed E-state index contributed by atoms with van der Waals surface area (Å²) in [5.74, 6) is -1.12. The molecule has 6 nitrogen and oxygen atoms in total. The first-order valence-electron chi connectivity index (χ1n) is 4.39. The largest absolute Gasteiger partial charge is 0.480 e. The van der Waals surface area contributed by atoms with E-state index in [0.717, 1.165) is 4.90 Å². The van der Waals surface area contributed by atoms with Crippen molar-refractivity contribution in [1.29, 1.82) is 0 Å². The zero-order chi connectivity index (χ0) is 11.1. The van der Waals surface area contributed by atoms with Crippen LogP contribution >= 0.6 is 0 Å². The fraction of sp³-hybridized carbons (Fsp3) is 0.750. The Morgan fingerprint density at radius 1 is 1.36 bits per heavy atom. The second-order valence-electron chi connectivity index (χ2n) is 3.03. The minimum absolute atomic E-state index is 0.301. The van der Waals surface area contributed by atoms with Crippen LogP contribution in [-0.4, -0.2) is 46.8 Å². The third-order valence-electron chi connectivity index (χ3n) is 1.99. The van der Waals surface area contributed by atoms with Gasteiger partial charge in [0.05, 0.1) is 0 Å². The molecule has 0 aliphatic heterocycles. The quantitative estimate of drug-likeness (QED) is 0.535. The SMILES string of the molecule is CN(C(=O)O)C(CCCCN)C(=O)O. The first kappa shape index (κ1) is 12.7. The number of carboxylic acid groups (broad SMARTS) is 2. The van der Waals surface area contributed by atoms with Crippen molar-refractivity contribution in [1.82, 2.24) is 4.90 Å². The van der Waals surface area contributed by atoms with Gasteiger partial charge in [-0.2, -0.15) is 0 Å². The van der Waals surface area contributed by atoms with Gasteiger partial charge in [0.15, 0.2) is 0 Å². The van der Waals surface area contributed by atoms with Crippen LogP contribution in [0.3, 0.4) is 0 Å². The molecule has 0 aromatic heterocycles. The van der Waals surface area contributed by atoms with E-state index in [1.807, 2.05) is 0 Å². The lowest BCUT2D eigenvalue weighted by molar-refractivity contribution is -0.142. The average molecular weight is 204 g/mol. The topological polar surface area (TPSA) is 104 Å². The van der Waals surface area contributed by atoms with Crippen molar-refractivity contribution < 1.29 is 19.8 Å². The maximum absolute atomic E-state index is 10.7. The van der Waals surface area contributed by atoms with Crippen LogP contribution in [0.4, 0.5) is 4.79 Å². The molecule has 0 aliphatic carbocycles. The summed E-state index contributed by atoms with van der Waals surface area (Å²) in [6.45, 7) is 0.489. The molecule has 1 atom stereocenters. The molecule has 82 valence electrons. The van der Waals surface area contributed by atoms with Crippen molar-refractivity contribution in [2.45, 2.75) is 25.3 Å². The summed E-state index contributed by atoms with van der Waals surface area (Å²) >= 11 is 0. The summed E-state index contributed by atoms with van der Waals surface area (Å²) in [5, 5.41) is 17.4. The maximum atomic E-state index is 10.7. The monoisotopic (exact) mass is 204 g/mol. The van der Waals surface area contributed by atoms with Gasteiger partial charge in [-0.15, -0.1) is 0 Å². The summed E-state index contributed by atoms with van der Waals surface area (Å²) in [5.41, 5.74) is 5.25. The lowest BCUT2D eigenvalue weighted by Crippen LogP contribution is -2.41. The van der Waals surface area contributed by atoms with Crippen molar-refractivity contribution in [2.24, 2.45) is 5.73 Å². The van der Waals surface area contributed by atoms with Gasteiger partial charge in [0.25, 0.3) is 0 Å². The lowest BCUT2D eigenvalue weighted by atomic mass is 10.1. The number of hydrogen-bond acceptors (Lipinski definition) is 3. The zero-order valence-corrected chi connectivity index (χ0v) is 8.14. The molecule has 0 aromatic rings. The van der Waals surface area contributed by atoms with E-state index in [-0.39, 0.29) is 0 Å². The van der Waals surface area contributed by atoms with Gasteiger partial charge in [-0.05, 0) is 25.8 Å². The van der Waals surface area contributed by atoms with Gasteiger partial charge in [0.2, 0.25) is 0 Å². The van der Waals surface area contributed by atoms with E-state index >= 15 is 0 Å². The van der Waals surface area contributed by atoms with Gasteiger partial charge in [0.1, 0.15) is 6.04 Å². The molecule has 0 saturated heterocycles. The van der Waals surface area contributed by atoms with Crippen LogP contribution in [0.1, 0.15) is 19.3 Å². The van der Waals surface area contributed by atoms with E-state index in [9.17, 15) is 9.59 Å². The number of hydrogen-bond donors (Lipinski definition) is 3. The number of rotatable bonds is 6. The van der Waals surface area contributed by atoms with Crippen molar-refractivity contribution >= 4 is 12.1 Å². The Balaban J connectivity index is 4.15. The molecular weight excluding hydrogens is 188 g/mol. The predicted molar refractivity (Wildman–Crippen MR) is 50.1 cm³/mol. The predicted octanol–water partition coefficient (Wildman–Crippen LogP) is 0.178. The second kappa shape index (κ2) is 6.20. The number of carboxylic acids is 1. The molecule has 6 heteroatoms. The fourth-order valence-corrected chi connectivity index (χ4v) is 1.10.